The minimum atomic E-state index is -0.613. The van der Waals surface area contributed by atoms with E-state index in [-0.39, 0.29) is 6.10 Å². The van der Waals surface area contributed by atoms with E-state index in [1.807, 2.05) is 0 Å². The summed E-state index contributed by atoms with van der Waals surface area (Å²) >= 11 is 0. The average Bonchev–Trinajstić information content (AvgIpc) is 3.18. The molecule has 20 heavy (non-hydrogen) atoms. The van der Waals surface area contributed by atoms with Crippen LogP contribution in [0, 0.1) is 11.3 Å². The van der Waals surface area contributed by atoms with E-state index in [1.54, 1.807) is 0 Å². The molecular formula is C17H30O3. The predicted molar refractivity (Wildman–Crippen MR) is 79.8 cm³/mol. The first kappa shape index (κ1) is 15.8. The molecule has 0 aromatic heterocycles. The summed E-state index contributed by atoms with van der Waals surface area (Å²) in [6.07, 6.45) is 12.6. The van der Waals surface area contributed by atoms with Gasteiger partial charge in [0.2, 0.25) is 0 Å². The van der Waals surface area contributed by atoms with Crippen molar-refractivity contribution in [1.29, 1.82) is 0 Å². The third-order valence-electron chi connectivity index (χ3n) is 5.09. The molecule has 3 heteroatoms. The van der Waals surface area contributed by atoms with E-state index >= 15 is 0 Å². The van der Waals surface area contributed by atoms with E-state index in [1.165, 1.54) is 38.5 Å². The monoisotopic (exact) mass is 282 g/mol. The number of carbonyl (C=O) groups is 1. The molecule has 116 valence electrons. The highest BCUT2D eigenvalue weighted by atomic mass is 16.5. The molecule has 0 aromatic carbocycles. The second kappa shape index (κ2) is 7.44. The Hall–Kier alpha value is -0.570. The smallest absolute Gasteiger partial charge is 0.312 e. The van der Waals surface area contributed by atoms with E-state index < -0.39 is 11.4 Å². The van der Waals surface area contributed by atoms with Crippen molar-refractivity contribution in [1.82, 2.24) is 0 Å². The minimum Gasteiger partial charge on any atom is -0.481 e. The first-order valence-corrected chi connectivity index (χ1v) is 8.55. The molecule has 0 amide bonds. The number of rotatable bonds is 10. The van der Waals surface area contributed by atoms with Gasteiger partial charge in [0.1, 0.15) is 0 Å². The molecule has 2 rings (SSSR count). The zero-order valence-corrected chi connectivity index (χ0v) is 12.9. The van der Waals surface area contributed by atoms with Crippen molar-refractivity contribution >= 4 is 5.97 Å². The number of unbranched alkanes of at least 4 members (excludes halogenated alkanes) is 6. The minimum absolute atomic E-state index is 0.0000846. The van der Waals surface area contributed by atoms with Gasteiger partial charge < -0.3 is 9.84 Å². The molecule has 0 spiro atoms. The molecule has 1 aliphatic carbocycles. The van der Waals surface area contributed by atoms with Crippen LogP contribution in [0.15, 0.2) is 0 Å². The maximum absolute atomic E-state index is 11.8. The van der Waals surface area contributed by atoms with Gasteiger partial charge in [0.15, 0.2) is 0 Å². The number of hydrogen-bond donors (Lipinski definition) is 1. The molecule has 0 bridgehead atoms. The number of ether oxygens (including phenoxy) is 1. The number of hydrogen-bond acceptors (Lipinski definition) is 2. The lowest BCUT2D eigenvalue weighted by Crippen LogP contribution is -2.40. The molecular weight excluding hydrogens is 252 g/mol. The van der Waals surface area contributed by atoms with Gasteiger partial charge in [0.25, 0.3) is 0 Å². The van der Waals surface area contributed by atoms with Gasteiger partial charge in [-0.1, -0.05) is 51.9 Å². The first-order valence-electron chi connectivity index (χ1n) is 8.55. The normalized spacial score (nSPS) is 29.8. The van der Waals surface area contributed by atoms with Gasteiger partial charge in [-0.05, 0) is 31.6 Å². The van der Waals surface area contributed by atoms with Crippen LogP contribution < -0.4 is 0 Å². The maximum Gasteiger partial charge on any atom is 0.312 e. The van der Waals surface area contributed by atoms with Crippen LogP contribution >= 0.6 is 0 Å². The molecule has 2 fully saturated rings. The average molecular weight is 282 g/mol. The Bertz CT molecular complexity index is 311. The SMILES string of the molecule is CCCCCCCCCC1(C(=O)O)CCOC1C1CC1. The highest BCUT2D eigenvalue weighted by Crippen LogP contribution is 2.50. The zero-order chi connectivity index (χ0) is 14.4. The van der Waals surface area contributed by atoms with Gasteiger partial charge in [-0.3, -0.25) is 4.79 Å². The van der Waals surface area contributed by atoms with Crippen LogP contribution in [0.3, 0.4) is 0 Å². The number of carboxylic acids is 1. The van der Waals surface area contributed by atoms with Crippen molar-refractivity contribution in [3.05, 3.63) is 0 Å². The molecule has 1 heterocycles. The lowest BCUT2D eigenvalue weighted by Gasteiger charge is -2.30. The fourth-order valence-electron chi connectivity index (χ4n) is 3.66. The summed E-state index contributed by atoms with van der Waals surface area (Å²) in [6, 6.07) is 0. The Morgan fingerprint density at radius 3 is 2.40 bits per heavy atom. The summed E-state index contributed by atoms with van der Waals surface area (Å²) in [7, 11) is 0. The van der Waals surface area contributed by atoms with Gasteiger partial charge in [-0.25, -0.2) is 0 Å². The lowest BCUT2D eigenvalue weighted by molar-refractivity contribution is -0.154. The summed E-state index contributed by atoms with van der Waals surface area (Å²) in [5, 5.41) is 9.70. The van der Waals surface area contributed by atoms with Gasteiger partial charge in [0.05, 0.1) is 11.5 Å². The highest BCUT2D eigenvalue weighted by Gasteiger charge is 2.55. The van der Waals surface area contributed by atoms with Crippen LogP contribution in [0.4, 0.5) is 0 Å². The van der Waals surface area contributed by atoms with Gasteiger partial charge in [-0.2, -0.15) is 0 Å². The summed E-state index contributed by atoms with van der Waals surface area (Å²) in [4.78, 5) is 11.8. The fraction of sp³-hybridized carbons (Fsp3) is 0.941. The van der Waals surface area contributed by atoms with Crippen molar-refractivity contribution in [2.75, 3.05) is 6.61 Å². The molecule has 1 saturated heterocycles. The zero-order valence-electron chi connectivity index (χ0n) is 12.9. The summed E-state index contributed by atoms with van der Waals surface area (Å²) in [5.74, 6) is -0.0870. The van der Waals surface area contributed by atoms with Crippen molar-refractivity contribution in [2.24, 2.45) is 11.3 Å². The third kappa shape index (κ3) is 3.75. The van der Waals surface area contributed by atoms with Gasteiger partial charge >= 0.3 is 5.97 Å². The number of aliphatic carboxylic acids is 1. The second-order valence-corrected chi connectivity index (χ2v) is 6.71. The Kier molecular flexibility index (Phi) is 5.88. The molecule has 2 aliphatic rings. The largest absolute Gasteiger partial charge is 0.481 e. The lowest BCUT2D eigenvalue weighted by atomic mass is 9.75. The standard InChI is InChI=1S/C17H30O3/c1-2-3-4-5-6-7-8-11-17(16(18)19)12-13-20-15(17)14-9-10-14/h14-15H,2-13H2,1H3,(H,18,19). The van der Waals surface area contributed by atoms with E-state index in [2.05, 4.69) is 6.92 Å². The Morgan fingerprint density at radius 2 is 1.80 bits per heavy atom. The molecule has 1 N–H and O–H groups in total. The quantitative estimate of drug-likeness (QED) is 0.604. The van der Waals surface area contributed by atoms with Crippen LogP contribution in [0.5, 0.6) is 0 Å². The van der Waals surface area contributed by atoms with Gasteiger partial charge in [-0.15, -0.1) is 0 Å². The van der Waals surface area contributed by atoms with Crippen molar-refractivity contribution < 1.29 is 14.6 Å². The van der Waals surface area contributed by atoms with Crippen LogP contribution in [0.25, 0.3) is 0 Å². The predicted octanol–water partition coefficient (Wildman–Crippen LogP) is 4.40. The molecule has 3 nitrogen and oxygen atoms in total. The van der Waals surface area contributed by atoms with Crippen LogP contribution in [0.2, 0.25) is 0 Å². The van der Waals surface area contributed by atoms with Crippen molar-refractivity contribution in [3.8, 4) is 0 Å². The maximum atomic E-state index is 11.8. The highest BCUT2D eigenvalue weighted by molar-refractivity contribution is 5.76. The summed E-state index contributed by atoms with van der Waals surface area (Å²) in [6.45, 7) is 2.87. The van der Waals surface area contributed by atoms with Crippen LogP contribution in [-0.2, 0) is 9.53 Å². The van der Waals surface area contributed by atoms with E-state index in [9.17, 15) is 9.90 Å². The molecule has 1 saturated carbocycles. The molecule has 2 unspecified atom stereocenters. The van der Waals surface area contributed by atoms with E-state index in [4.69, 9.17) is 4.74 Å². The Labute approximate surface area is 123 Å². The molecule has 1 aliphatic heterocycles. The third-order valence-corrected chi connectivity index (χ3v) is 5.09. The molecule has 0 aromatic rings. The van der Waals surface area contributed by atoms with E-state index in [0.29, 0.717) is 12.5 Å². The molecule has 0 radical (unpaired) electrons. The van der Waals surface area contributed by atoms with E-state index in [0.717, 1.165) is 32.1 Å². The molecule has 2 atom stereocenters. The number of carboxylic acid groups (broad SMARTS) is 1. The van der Waals surface area contributed by atoms with Crippen molar-refractivity contribution in [3.63, 3.8) is 0 Å². The van der Waals surface area contributed by atoms with Crippen LogP contribution in [0.1, 0.15) is 77.6 Å². The summed E-state index contributed by atoms with van der Waals surface area (Å²) in [5.41, 5.74) is -0.565. The van der Waals surface area contributed by atoms with Gasteiger partial charge in [0, 0.05) is 6.61 Å². The second-order valence-electron chi connectivity index (χ2n) is 6.71. The topological polar surface area (TPSA) is 46.5 Å². The Morgan fingerprint density at radius 1 is 1.15 bits per heavy atom. The summed E-state index contributed by atoms with van der Waals surface area (Å²) < 4.78 is 5.78. The first-order chi connectivity index (χ1) is 9.70. The van der Waals surface area contributed by atoms with Crippen molar-refractivity contribution in [2.45, 2.75) is 83.7 Å². The van der Waals surface area contributed by atoms with Crippen LogP contribution in [-0.4, -0.2) is 23.8 Å². The fourth-order valence-corrected chi connectivity index (χ4v) is 3.66. The Balaban J connectivity index is 1.74.